The molecule has 2 N–H and O–H groups in total. The van der Waals surface area contributed by atoms with Gasteiger partial charge in [-0.25, -0.2) is 4.98 Å². The van der Waals surface area contributed by atoms with Crippen LogP contribution in [0.15, 0.2) is 12.3 Å². The van der Waals surface area contributed by atoms with Gasteiger partial charge in [0.15, 0.2) is 0 Å². The van der Waals surface area contributed by atoms with Crippen molar-refractivity contribution in [2.45, 2.75) is 13.0 Å². The van der Waals surface area contributed by atoms with Crippen molar-refractivity contribution in [3.63, 3.8) is 0 Å². The standard InChI is InChI=1S/C14H21ClN4O2/c1-10(9-21-2)18-3-5-19(6-4-18)14-12(15)7-11(8-17-14)13(16)20/h7-8,10H,3-6,9H2,1-2H3,(H2,16,20). The lowest BCUT2D eigenvalue weighted by molar-refractivity contribution is 0.0952. The first-order valence-corrected chi connectivity index (χ1v) is 7.34. The van der Waals surface area contributed by atoms with Gasteiger partial charge in [0.1, 0.15) is 5.82 Å². The lowest BCUT2D eigenvalue weighted by atomic mass is 10.2. The number of amides is 1. The number of methoxy groups -OCH3 is 1. The van der Waals surface area contributed by atoms with Gasteiger partial charge in [-0.1, -0.05) is 11.6 Å². The normalized spacial score (nSPS) is 17.8. The molecule has 0 spiro atoms. The lowest BCUT2D eigenvalue weighted by Crippen LogP contribution is -2.51. The van der Waals surface area contributed by atoms with Crippen LogP contribution in [0.5, 0.6) is 0 Å². The highest BCUT2D eigenvalue weighted by Crippen LogP contribution is 2.25. The molecule has 2 heterocycles. The number of carbonyl (C=O) groups is 1. The maximum Gasteiger partial charge on any atom is 0.250 e. The number of pyridine rings is 1. The van der Waals surface area contributed by atoms with E-state index in [-0.39, 0.29) is 0 Å². The van der Waals surface area contributed by atoms with E-state index in [0.29, 0.717) is 22.4 Å². The Kier molecular flexibility index (Phi) is 5.39. The molecule has 7 heteroatoms. The topological polar surface area (TPSA) is 71.7 Å². The van der Waals surface area contributed by atoms with Crippen LogP contribution in [-0.4, -0.2) is 61.7 Å². The molecule has 6 nitrogen and oxygen atoms in total. The van der Waals surface area contributed by atoms with Crippen molar-refractivity contribution >= 4 is 23.3 Å². The molecule has 1 saturated heterocycles. The summed E-state index contributed by atoms with van der Waals surface area (Å²) >= 11 is 6.21. The molecule has 116 valence electrons. The largest absolute Gasteiger partial charge is 0.383 e. The summed E-state index contributed by atoms with van der Waals surface area (Å²) in [5.74, 6) is 0.190. The van der Waals surface area contributed by atoms with Crippen molar-refractivity contribution < 1.29 is 9.53 Å². The molecule has 1 aromatic heterocycles. The highest BCUT2D eigenvalue weighted by atomic mass is 35.5. The van der Waals surface area contributed by atoms with Crippen LogP contribution >= 0.6 is 11.6 Å². The molecule has 1 unspecified atom stereocenters. The SMILES string of the molecule is COCC(C)N1CCN(c2ncc(C(N)=O)cc2Cl)CC1. The van der Waals surface area contributed by atoms with Crippen molar-refractivity contribution in [3.05, 3.63) is 22.8 Å². The van der Waals surface area contributed by atoms with E-state index < -0.39 is 5.91 Å². The van der Waals surface area contributed by atoms with Gasteiger partial charge in [0.2, 0.25) is 5.91 Å². The van der Waals surface area contributed by atoms with Crippen molar-refractivity contribution in [3.8, 4) is 0 Å². The highest BCUT2D eigenvalue weighted by molar-refractivity contribution is 6.33. The van der Waals surface area contributed by atoms with Crippen molar-refractivity contribution in [2.24, 2.45) is 5.73 Å². The molecule has 0 aromatic carbocycles. The number of aromatic nitrogens is 1. The predicted octanol–water partition coefficient (Wildman–Crippen LogP) is 0.991. The second-order valence-electron chi connectivity index (χ2n) is 5.22. The maximum atomic E-state index is 11.1. The Balaban J connectivity index is 2.00. The first-order chi connectivity index (χ1) is 10.0. The number of ether oxygens (including phenoxy) is 1. The quantitative estimate of drug-likeness (QED) is 0.878. The van der Waals surface area contributed by atoms with Crippen LogP contribution in [0.1, 0.15) is 17.3 Å². The van der Waals surface area contributed by atoms with E-state index >= 15 is 0 Å². The summed E-state index contributed by atoms with van der Waals surface area (Å²) in [6.45, 7) is 6.44. The average Bonchev–Trinajstić information content (AvgIpc) is 2.47. The van der Waals surface area contributed by atoms with E-state index in [1.165, 1.54) is 6.20 Å². The van der Waals surface area contributed by atoms with Crippen LogP contribution in [0.2, 0.25) is 5.02 Å². The van der Waals surface area contributed by atoms with E-state index in [1.807, 2.05) is 0 Å². The summed E-state index contributed by atoms with van der Waals surface area (Å²) in [5.41, 5.74) is 5.55. The van der Waals surface area contributed by atoms with E-state index in [2.05, 4.69) is 21.7 Å². The summed E-state index contributed by atoms with van der Waals surface area (Å²) < 4.78 is 5.19. The van der Waals surface area contributed by atoms with Gasteiger partial charge in [-0.3, -0.25) is 9.69 Å². The van der Waals surface area contributed by atoms with Gasteiger partial charge < -0.3 is 15.4 Å². The van der Waals surface area contributed by atoms with Gasteiger partial charge in [0, 0.05) is 45.5 Å². The number of nitrogens with zero attached hydrogens (tertiary/aromatic N) is 3. The molecule has 21 heavy (non-hydrogen) atoms. The number of carbonyl (C=O) groups excluding carboxylic acids is 1. The van der Waals surface area contributed by atoms with Crippen LogP contribution in [0.3, 0.4) is 0 Å². The number of hydrogen-bond donors (Lipinski definition) is 1. The molecule has 1 fully saturated rings. The molecule has 1 aliphatic heterocycles. The summed E-state index contributed by atoms with van der Waals surface area (Å²) in [7, 11) is 1.72. The third-order valence-corrected chi connectivity index (χ3v) is 4.03. The number of halogens is 1. The summed E-state index contributed by atoms with van der Waals surface area (Å²) in [6.07, 6.45) is 1.48. The molecule has 0 bridgehead atoms. The lowest BCUT2D eigenvalue weighted by Gasteiger charge is -2.38. The van der Waals surface area contributed by atoms with Crippen molar-refractivity contribution in [1.82, 2.24) is 9.88 Å². The molecule has 1 atom stereocenters. The van der Waals surface area contributed by atoms with Crippen molar-refractivity contribution in [1.29, 1.82) is 0 Å². The Morgan fingerprint density at radius 3 is 2.67 bits per heavy atom. The van der Waals surface area contributed by atoms with Gasteiger partial charge in [0.05, 0.1) is 17.2 Å². The Morgan fingerprint density at radius 2 is 2.14 bits per heavy atom. The molecule has 1 aliphatic rings. The fourth-order valence-electron chi connectivity index (χ4n) is 2.52. The predicted molar refractivity (Wildman–Crippen MR) is 82.9 cm³/mol. The van der Waals surface area contributed by atoms with Crippen LogP contribution in [0, 0.1) is 0 Å². The smallest absolute Gasteiger partial charge is 0.250 e. The van der Waals surface area contributed by atoms with Crippen LogP contribution in [-0.2, 0) is 4.74 Å². The van der Waals surface area contributed by atoms with E-state index in [4.69, 9.17) is 22.1 Å². The minimum absolute atomic E-state index is 0.330. The molecule has 2 rings (SSSR count). The first kappa shape index (κ1) is 16.0. The van der Waals surface area contributed by atoms with Crippen molar-refractivity contribution in [2.75, 3.05) is 44.8 Å². The van der Waals surface area contributed by atoms with Crippen LogP contribution in [0.4, 0.5) is 5.82 Å². The fraction of sp³-hybridized carbons (Fsp3) is 0.571. The van der Waals surface area contributed by atoms with Crippen LogP contribution < -0.4 is 10.6 Å². The number of piperazine rings is 1. The average molecular weight is 313 g/mol. The number of rotatable bonds is 5. The molecular weight excluding hydrogens is 292 g/mol. The third-order valence-electron chi connectivity index (χ3n) is 3.75. The fourth-order valence-corrected chi connectivity index (χ4v) is 2.81. The third kappa shape index (κ3) is 3.84. The second kappa shape index (κ2) is 7.06. The van der Waals surface area contributed by atoms with Gasteiger partial charge >= 0.3 is 0 Å². The zero-order chi connectivity index (χ0) is 15.4. The van der Waals surface area contributed by atoms with Gasteiger partial charge in [0.25, 0.3) is 0 Å². The Labute approximate surface area is 129 Å². The van der Waals surface area contributed by atoms with E-state index in [0.717, 1.165) is 32.8 Å². The zero-order valence-electron chi connectivity index (χ0n) is 12.4. The van der Waals surface area contributed by atoms with E-state index in [9.17, 15) is 4.79 Å². The summed E-state index contributed by atoms with van der Waals surface area (Å²) in [6, 6.07) is 1.98. The molecule has 1 aromatic rings. The molecule has 0 radical (unpaired) electrons. The minimum atomic E-state index is -0.519. The maximum absolute atomic E-state index is 11.1. The molecule has 0 aliphatic carbocycles. The zero-order valence-corrected chi connectivity index (χ0v) is 13.1. The summed E-state index contributed by atoms with van der Waals surface area (Å²) in [4.78, 5) is 19.9. The summed E-state index contributed by atoms with van der Waals surface area (Å²) in [5, 5.41) is 0.463. The first-order valence-electron chi connectivity index (χ1n) is 6.96. The Morgan fingerprint density at radius 1 is 1.48 bits per heavy atom. The number of anilines is 1. The highest BCUT2D eigenvalue weighted by Gasteiger charge is 2.23. The van der Waals surface area contributed by atoms with Crippen LogP contribution in [0.25, 0.3) is 0 Å². The Bertz CT molecular complexity index is 504. The monoisotopic (exact) mass is 312 g/mol. The number of nitrogens with two attached hydrogens (primary N) is 1. The minimum Gasteiger partial charge on any atom is -0.383 e. The number of primary amides is 1. The molecule has 1 amide bonds. The molecule has 0 saturated carbocycles. The second-order valence-corrected chi connectivity index (χ2v) is 5.63. The van der Waals surface area contributed by atoms with E-state index in [1.54, 1.807) is 13.2 Å². The van der Waals surface area contributed by atoms with Gasteiger partial charge in [-0.2, -0.15) is 0 Å². The molecular formula is C14H21ClN4O2. The Hall–Kier alpha value is -1.37. The van der Waals surface area contributed by atoms with Gasteiger partial charge in [-0.05, 0) is 13.0 Å². The number of hydrogen-bond acceptors (Lipinski definition) is 5. The van der Waals surface area contributed by atoms with Gasteiger partial charge in [-0.15, -0.1) is 0 Å².